The first-order valence-electron chi connectivity index (χ1n) is 2.47. The molecule has 0 aliphatic heterocycles. The quantitative estimate of drug-likeness (QED) is 0.390. The van der Waals surface area contributed by atoms with E-state index in [0.717, 1.165) is 0 Å². The Labute approximate surface area is 60.4 Å². The lowest BCUT2D eigenvalue weighted by Crippen LogP contribution is -1.80. The summed E-state index contributed by atoms with van der Waals surface area (Å²) in [6.45, 7) is 1.73. The van der Waals surface area contributed by atoms with Crippen LogP contribution >= 0.6 is 11.6 Å². The normalized spacial score (nSPS) is 13.1. The fourth-order valence-electron chi connectivity index (χ4n) is 0.355. The Morgan fingerprint density at radius 2 is 2.33 bits per heavy atom. The minimum absolute atomic E-state index is 0.600. The molecule has 0 radical (unpaired) electrons. The van der Waals surface area contributed by atoms with Gasteiger partial charge in [0.15, 0.2) is 0 Å². The van der Waals surface area contributed by atoms with E-state index in [2.05, 4.69) is 10.9 Å². The summed E-state index contributed by atoms with van der Waals surface area (Å²) in [6.07, 6.45) is 6.63. The molecule has 0 aromatic heterocycles. The molecule has 0 N–H and O–H groups in total. The number of terminal acetylenes is 1. The van der Waals surface area contributed by atoms with Crippen molar-refractivity contribution in [2.45, 2.75) is 6.92 Å². The monoisotopic (exact) mass is 141 g/mol. The Morgan fingerprint density at radius 1 is 1.78 bits per heavy atom. The topological polar surface area (TPSA) is 12.4 Å². The van der Waals surface area contributed by atoms with E-state index in [9.17, 15) is 0 Å². The van der Waals surface area contributed by atoms with Crippen LogP contribution in [0.2, 0.25) is 0 Å². The van der Waals surface area contributed by atoms with Crippen molar-refractivity contribution in [2.75, 3.05) is 7.05 Å². The van der Waals surface area contributed by atoms with Gasteiger partial charge in [0.1, 0.15) is 0 Å². The summed E-state index contributed by atoms with van der Waals surface area (Å²) < 4.78 is 0. The highest BCUT2D eigenvalue weighted by Crippen LogP contribution is 2.04. The third-order valence-electron chi connectivity index (χ3n) is 0.785. The van der Waals surface area contributed by atoms with Crippen molar-refractivity contribution >= 4 is 17.8 Å². The summed E-state index contributed by atoms with van der Waals surface area (Å²) in [4.78, 5) is 3.72. The fourth-order valence-corrected chi connectivity index (χ4v) is 0.458. The highest BCUT2D eigenvalue weighted by Gasteiger charge is 1.88. The molecule has 1 nitrogen and oxygen atoms in total. The molecular formula is C7H8ClN. The van der Waals surface area contributed by atoms with E-state index in [1.54, 1.807) is 20.2 Å². The molecule has 0 saturated heterocycles. The van der Waals surface area contributed by atoms with E-state index in [1.807, 2.05) is 0 Å². The molecule has 0 aromatic carbocycles. The first-order valence-corrected chi connectivity index (χ1v) is 2.85. The van der Waals surface area contributed by atoms with Gasteiger partial charge in [0, 0.05) is 18.3 Å². The number of halogens is 1. The summed E-state index contributed by atoms with van der Waals surface area (Å²) in [5.41, 5.74) is 0.638. The van der Waals surface area contributed by atoms with Crippen LogP contribution in [0.5, 0.6) is 0 Å². The molecule has 9 heavy (non-hydrogen) atoms. The molecule has 2 heteroatoms. The van der Waals surface area contributed by atoms with Crippen LogP contribution in [0, 0.1) is 12.3 Å². The van der Waals surface area contributed by atoms with Crippen LogP contribution in [-0.2, 0) is 0 Å². The van der Waals surface area contributed by atoms with Gasteiger partial charge >= 0.3 is 0 Å². The zero-order valence-corrected chi connectivity index (χ0v) is 6.24. The van der Waals surface area contributed by atoms with Crippen LogP contribution in [-0.4, -0.2) is 13.3 Å². The second-order valence-corrected chi connectivity index (χ2v) is 2.05. The van der Waals surface area contributed by atoms with Crippen molar-refractivity contribution in [3.8, 4) is 12.3 Å². The van der Waals surface area contributed by atoms with Gasteiger partial charge in [-0.15, -0.1) is 6.42 Å². The maximum atomic E-state index is 5.57. The Kier molecular flexibility index (Phi) is 3.83. The van der Waals surface area contributed by atoms with Gasteiger partial charge in [-0.1, -0.05) is 17.5 Å². The van der Waals surface area contributed by atoms with Crippen LogP contribution in [0.3, 0.4) is 0 Å². The van der Waals surface area contributed by atoms with Crippen LogP contribution in [0.25, 0.3) is 0 Å². The third kappa shape index (κ3) is 2.94. The van der Waals surface area contributed by atoms with Gasteiger partial charge < -0.3 is 0 Å². The zero-order valence-electron chi connectivity index (χ0n) is 5.48. The number of rotatable bonds is 1. The van der Waals surface area contributed by atoms with E-state index < -0.39 is 0 Å². The van der Waals surface area contributed by atoms with Crippen molar-refractivity contribution in [1.82, 2.24) is 0 Å². The van der Waals surface area contributed by atoms with Crippen LogP contribution in [0.4, 0.5) is 0 Å². The van der Waals surface area contributed by atoms with E-state index in [1.165, 1.54) is 0 Å². The maximum absolute atomic E-state index is 5.57. The molecule has 0 aromatic rings. The van der Waals surface area contributed by atoms with Gasteiger partial charge in [-0.3, -0.25) is 4.99 Å². The van der Waals surface area contributed by atoms with Gasteiger partial charge in [-0.05, 0) is 6.92 Å². The van der Waals surface area contributed by atoms with E-state index in [4.69, 9.17) is 18.0 Å². The second kappa shape index (κ2) is 4.17. The highest BCUT2D eigenvalue weighted by molar-refractivity contribution is 6.31. The average Bonchev–Trinajstić information content (AvgIpc) is 1.82. The van der Waals surface area contributed by atoms with Crippen molar-refractivity contribution in [3.63, 3.8) is 0 Å². The SMILES string of the molecule is C#CC(/C=N\C)=C(/C)Cl. The largest absolute Gasteiger partial charge is 0.295 e. The summed E-state index contributed by atoms with van der Waals surface area (Å²) in [5, 5.41) is 0.600. The first-order chi connectivity index (χ1) is 4.22. The molecule has 0 amide bonds. The predicted octanol–water partition coefficient (Wildman–Crippen LogP) is 1.83. The number of allylic oxidation sites excluding steroid dienone is 2. The Balaban J connectivity index is 4.41. The zero-order chi connectivity index (χ0) is 7.28. The molecule has 0 bridgehead atoms. The smallest absolute Gasteiger partial charge is 0.0563 e. The summed E-state index contributed by atoms with van der Waals surface area (Å²) in [6, 6.07) is 0. The minimum Gasteiger partial charge on any atom is -0.295 e. The summed E-state index contributed by atoms with van der Waals surface area (Å²) in [5.74, 6) is 2.40. The van der Waals surface area contributed by atoms with Crippen molar-refractivity contribution in [3.05, 3.63) is 10.6 Å². The minimum atomic E-state index is 0.600. The van der Waals surface area contributed by atoms with Crippen molar-refractivity contribution < 1.29 is 0 Å². The van der Waals surface area contributed by atoms with Gasteiger partial charge in [0.25, 0.3) is 0 Å². The third-order valence-corrected chi connectivity index (χ3v) is 0.988. The van der Waals surface area contributed by atoms with E-state index >= 15 is 0 Å². The predicted molar refractivity (Wildman–Crippen MR) is 41.8 cm³/mol. The van der Waals surface area contributed by atoms with Crippen molar-refractivity contribution in [1.29, 1.82) is 0 Å². The molecule has 0 aliphatic carbocycles. The van der Waals surface area contributed by atoms with Crippen LogP contribution < -0.4 is 0 Å². The van der Waals surface area contributed by atoms with Gasteiger partial charge in [-0.25, -0.2) is 0 Å². The fraction of sp³-hybridized carbons (Fsp3) is 0.286. The number of hydrogen-bond donors (Lipinski definition) is 0. The van der Waals surface area contributed by atoms with E-state index in [-0.39, 0.29) is 0 Å². The Hall–Kier alpha value is -0.740. The lowest BCUT2D eigenvalue weighted by atomic mass is 10.3. The average molecular weight is 142 g/mol. The molecule has 0 heterocycles. The molecule has 0 unspecified atom stereocenters. The maximum Gasteiger partial charge on any atom is 0.0563 e. The molecule has 0 saturated carbocycles. The second-order valence-electron chi connectivity index (χ2n) is 1.48. The Bertz CT molecular complexity index is 180. The van der Waals surface area contributed by atoms with E-state index in [0.29, 0.717) is 10.6 Å². The number of hydrogen-bond acceptors (Lipinski definition) is 1. The van der Waals surface area contributed by atoms with Crippen LogP contribution in [0.1, 0.15) is 6.92 Å². The lowest BCUT2D eigenvalue weighted by molar-refractivity contribution is 1.46. The van der Waals surface area contributed by atoms with Crippen molar-refractivity contribution in [2.24, 2.45) is 4.99 Å². The highest BCUT2D eigenvalue weighted by atomic mass is 35.5. The Morgan fingerprint density at radius 3 is 2.44 bits per heavy atom. The van der Waals surface area contributed by atoms with Crippen LogP contribution in [0.15, 0.2) is 15.6 Å². The van der Waals surface area contributed by atoms with Gasteiger partial charge in [0.05, 0.1) is 5.57 Å². The van der Waals surface area contributed by atoms with Gasteiger partial charge in [0.2, 0.25) is 0 Å². The first kappa shape index (κ1) is 8.26. The standard InChI is InChI=1S/C7H8ClN/c1-4-7(5-9-3)6(2)8/h1,5H,2-3H3/b7-6+,9-5-. The molecular weight excluding hydrogens is 134 g/mol. The molecule has 0 rings (SSSR count). The molecule has 0 spiro atoms. The molecule has 0 atom stereocenters. The van der Waals surface area contributed by atoms with Gasteiger partial charge in [-0.2, -0.15) is 0 Å². The molecule has 0 aliphatic rings. The molecule has 48 valence electrons. The lowest BCUT2D eigenvalue weighted by Gasteiger charge is -1.87. The number of aliphatic imine (C=N–C) groups is 1. The molecule has 0 fully saturated rings. The summed E-state index contributed by atoms with van der Waals surface area (Å²) in [7, 11) is 1.65. The summed E-state index contributed by atoms with van der Waals surface area (Å²) >= 11 is 5.57. The number of nitrogens with zero attached hydrogens (tertiary/aromatic N) is 1.